The van der Waals surface area contributed by atoms with Crippen molar-refractivity contribution in [2.24, 2.45) is 5.41 Å². The smallest absolute Gasteiger partial charge is 0.0658 e. The van der Waals surface area contributed by atoms with Crippen molar-refractivity contribution in [1.29, 1.82) is 0 Å². The minimum Gasteiger partial charge on any atom is -0.378 e. The van der Waals surface area contributed by atoms with Crippen molar-refractivity contribution in [3.63, 3.8) is 0 Å². The third-order valence-electron chi connectivity index (χ3n) is 5.24. The zero-order valence-electron chi connectivity index (χ0n) is 13.3. The van der Waals surface area contributed by atoms with Gasteiger partial charge in [-0.3, -0.25) is 0 Å². The lowest BCUT2D eigenvalue weighted by molar-refractivity contribution is -0.135. The van der Waals surface area contributed by atoms with Gasteiger partial charge in [-0.2, -0.15) is 0 Å². The van der Waals surface area contributed by atoms with E-state index in [2.05, 4.69) is 39.9 Å². The number of hydrogen-bond acceptors (Lipinski definition) is 3. The van der Waals surface area contributed by atoms with Gasteiger partial charge in [0.2, 0.25) is 0 Å². The molecule has 0 spiro atoms. The largest absolute Gasteiger partial charge is 0.378 e. The van der Waals surface area contributed by atoms with Crippen molar-refractivity contribution in [2.45, 2.75) is 84.1 Å². The molecule has 3 nitrogen and oxygen atoms in total. The Balaban J connectivity index is 1.90. The number of nitrogens with one attached hydrogen (secondary N) is 1. The molecule has 2 fully saturated rings. The molecule has 0 radical (unpaired) electrons. The molecule has 1 N–H and O–H groups in total. The zero-order valence-corrected chi connectivity index (χ0v) is 13.3. The van der Waals surface area contributed by atoms with Gasteiger partial charge in [0.05, 0.1) is 11.7 Å². The second-order valence-electron chi connectivity index (χ2n) is 7.06. The summed E-state index contributed by atoms with van der Waals surface area (Å²) in [6, 6.07) is 1.20. The molecule has 0 aromatic heterocycles. The summed E-state index contributed by atoms with van der Waals surface area (Å²) in [4.78, 5) is 0. The maximum absolute atomic E-state index is 5.88. The van der Waals surface area contributed by atoms with Crippen molar-refractivity contribution in [1.82, 2.24) is 5.32 Å². The Hall–Kier alpha value is -0.120. The predicted molar refractivity (Wildman–Crippen MR) is 78.4 cm³/mol. The summed E-state index contributed by atoms with van der Waals surface area (Å²) in [5, 5.41) is 3.88. The highest BCUT2D eigenvalue weighted by Crippen LogP contribution is 2.46. The van der Waals surface area contributed by atoms with Crippen molar-refractivity contribution >= 4 is 0 Å². The summed E-state index contributed by atoms with van der Waals surface area (Å²) in [6.07, 6.45) is 5.03. The van der Waals surface area contributed by atoms with Crippen LogP contribution in [0.3, 0.4) is 0 Å². The first kappa shape index (κ1) is 15.3. The first-order chi connectivity index (χ1) is 8.91. The molecule has 19 heavy (non-hydrogen) atoms. The molecule has 1 heterocycles. The normalized spacial score (nSPS) is 41.8. The molecular weight excluding hydrogens is 238 g/mol. The fraction of sp³-hybridized carbons (Fsp3) is 1.00. The monoisotopic (exact) mass is 269 g/mol. The third-order valence-corrected chi connectivity index (χ3v) is 5.24. The lowest BCUT2D eigenvalue weighted by atomic mass is 9.61. The third kappa shape index (κ3) is 3.14. The molecule has 2 rings (SSSR count). The van der Waals surface area contributed by atoms with E-state index in [9.17, 15) is 0 Å². The highest BCUT2D eigenvalue weighted by Gasteiger charge is 2.51. The Labute approximate surface area is 118 Å². The summed E-state index contributed by atoms with van der Waals surface area (Å²) >= 11 is 0. The van der Waals surface area contributed by atoms with Crippen molar-refractivity contribution < 1.29 is 9.47 Å². The van der Waals surface area contributed by atoms with E-state index in [1.807, 2.05) is 0 Å². The molecule has 112 valence electrons. The fourth-order valence-electron chi connectivity index (χ4n) is 3.67. The maximum Gasteiger partial charge on any atom is 0.0658 e. The van der Waals surface area contributed by atoms with Crippen molar-refractivity contribution in [3.05, 3.63) is 0 Å². The number of ether oxygens (including phenoxy) is 2. The molecular formula is C16H31NO2. The molecule has 1 saturated heterocycles. The Bertz CT molecular complexity index is 305. The van der Waals surface area contributed by atoms with Crippen LogP contribution >= 0.6 is 0 Å². The van der Waals surface area contributed by atoms with Gasteiger partial charge in [-0.25, -0.2) is 0 Å². The molecule has 4 atom stereocenters. The second-order valence-corrected chi connectivity index (χ2v) is 7.06. The van der Waals surface area contributed by atoms with Gasteiger partial charge in [-0.1, -0.05) is 13.8 Å². The van der Waals surface area contributed by atoms with E-state index in [0.717, 1.165) is 32.5 Å². The lowest BCUT2D eigenvalue weighted by Crippen LogP contribution is -2.64. The van der Waals surface area contributed by atoms with Gasteiger partial charge < -0.3 is 14.8 Å². The quantitative estimate of drug-likeness (QED) is 0.832. The van der Waals surface area contributed by atoms with Crippen LogP contribution in [0, 0.1) is 5.41 Å². The van der Waals surface area contributed by atoms with Crippen LogP contribution in [-0.2, 0) is 9.47 Å². The number of hydrogen-bond donors (Lipinski definition) is 1. The van der Waals surface area contributed by atoms with Gasteiger partial charge in [0.25, 0.3) is 0 Å². The summed E-state index contributed by atoms with van der Waals surface area (Å²) in [6.45, 7) is 12.9. The molecule has 0 aromatic rings. The van der Waals surface area contributed by atoms with E-state index in [1.165, 1.54) is 6.42 Å². The highest BCUT2D eigenvalue weighted by atomic mass is 16.5. The Morgan fingerprint density at radius 2 is 2.00 bits per heavy atom. The van der Waals surface area contributed by atoms with Crippen LogP contribution in [0.5, 0.6) is 0 Å². The van der Waals surface area contributed by atoms with E-state index in [-0.39, 0.29) is 5.60 Å². The van der Waals surface area contributed by atoms with Gasteiger partial charge in [0.1, 0.15) is 0 Å². The maximum atomic E-state index is 5.88. The Kier molecular flexibility index (Phi) is 4.59. The predicted octanol–water partition coefficient (Wildman–Crippen LogP) is 3.13. The average molecular weight is 269 g/mol. The van der Waals surface area contributed by atoms with Crippen molar-refractivity contribution in [2.75, 3.05) is 13.2 Å². The standard InChI is InChI=1S/C16H31NO2/c1-6-16(5)13(10-14(16)18-7-2)17-12-8-9-19-15(3,4)11-12/h12-14,17H,6-11H2,1-5H3. The summed E-state index contributed by atoms with van der Waals surface area (Å²) < 4.78 is 11.7. The van der Waals surface area contributed by atoms with Crippen LogP contribution in [0.2, 0.25) is 0 Å². The minimum absolute atomic E-state index is 0.0294. The van der Waals surface area contributed by atoms with Gasteiger partial charge in [-0.15, -0.1) is 0 Å². The molecule has 4 unspecified atom stereocenters. The topological polar surface area (TPSA) is 30.5 Å². The van der Waals surface area contributed by atoms with E-state index < -0.39 is 0 Å². The molecule has 0 aromatic carbocycles. The van der Waals surface area contributed by atoms with Crippen LogP contribution in [0.15, 0.2) is 0 Å². The van der Waals surface area contributed by atoms with Crippen LogP contribution in [0.1, 0.15) is 60.3 Å². The van der Waals surface area contributed by atoms with E-state index >= 15 is 0 Å². The molecule has 1 saturated carbocycles. The summed E-state index contributed by atoms with van der Waals surface area (Å²) in [5.41, 5.74) is 0.333. The van der Waals surface area contributed by atoms with Gasteiger partial charge in [0.15, 0.2) is 0 Å². The zero-order chi connectivity index (χ0) is 14.1. The van der Waals surface area contributed by atoms with Crippen molar-refractivity contribution in [3.8, 4) is 0 Å². The van der Waals surface area contributed by atoms with E-state index in [4.69, 9.17) is 9.47 Å². The summed E-state index contributed by atoms with van der Waals surface area (Å²) in [5.74, 6) is 0. The first-order valence-corrected chi connectivity index (χ1v) is 7.93. The average Bonchev–Trinajstić information content (AvgIpc) is 2.35. The van der Waals surface area contributed by atoms with Gasteiger partial charge in [0, 0.05) is 30.7 Å². The van der Waals surface area contributed by atoms with Crippen LogP contribution < -0.4 is 5.32 Å². The van der Waals surface area contributed by atoms with Crippen LogP contribution in [0.25, 0.3) is 0 Å². The van der Waals surface area contributed by atoms with Gasteiger partial charge >= 0.3 is 0 Å². The van der Waals surface area contributed by atoms with E-state index in [0.29, 0.717) is 23.6 Å². The molecule has 3 heteroatoms. The lowest BCUT2D eigenvalue weighted by Gasteiger charge is -2.55. The fourth-order valence-corrected chi connectivity index (χ4v) is 3.67. The van der Waals surface area contributed by atoms with Gasteiger partial charge in [-0.05, 0) is 46.5 Å². The summed E-state index contributed by atoms with van der Waals surface area (Å²) in [7, 11) is 0. The Morgan fingerprint density at radius 1 is 1.26 bits per heavy atom. The van der Waals surface area contributed by atoms with Crippen LogP contribution in [0.4, 0.5) is 0 Å². The number of rotatable bonds is 5. The SMILES string of the molecule is CCOC1CC(NC2CCOC(C)(C)C2)C1(C)CC. The molecule has 1 aliphatic heterocycles. The second kappa shape index (κ2) is 5.71. The van der Waals surface area contributed by atoms with E-state index in [1.54, 1.807) is 0 Å². The Morgan fingerprint density at radius 3 is 2.58 bits per heavy atom. The molecule has 1 aliphatic carbocycles. The first-order valence-electron chi connectivity index (χ1n) is 7.93. The molecule has 0 amide bonds. The molecule has 0 bridgehead atoms. The minimum atomic E-state index is 0.0294. The molecule has 2 aliphatic rings. The van der Waals surface area contributed by atoms with Crippen LogP contribution in [-0.4, -0.2) is 37.0 Å². The highest BCUT2D eigenvalue weighted by molar-refractivity contribution is 5.06.